The third-order valence-corrected chi connectivity index (χ3v) is 3.13. The van der Waals surface area contributed by atoms with E-state index in [9.17, 15) is 9.59 Å². The minimum atomic E-state index is -0.271. The second-order valence-electron chi connectivity index (χ2n) is 5.05. The van der Waals surface area contributed by atoms with Gasteiger partial charge in [-0.1, -0.05) is 24.3 Å². The van der Waals surface area contributed by atoms with Gasteiger partial charge in [-0.2, -0.15) is 0 Å². The Morgan fingerprint density at radius 3 is 2.61 bits per heavy atom. The lowest BCUT2D eigenvalue weighted by atomic mass is 10.1. The van der Waals surface area contributed by atoms with Gasteiger partial charge >= 0.3 is 0 Å². The molecule has 0 saturated carbocycles. The van der Waals surface area contributed by atoms with Crippen molar-refractivity contribution in [2.75, 3.05) is 19.0 Å². The molecule has 0 unspecified atom stereocenters. The monoisotopic (exact) mass is 313 g/mol. The van der Waals surface area contributed by atoms with Crippen LogP contribution in [0.3, 0.4) is 0 Å². The molecule has 0 aromatic heterocycles. The minimum Gasteiger partial charge on any atom is -0.484 e. The number of carbonyl (C=O) groups is 2. The zero-order chi connectivity index (χ0) is 16.7. The van der Waals surface area contributed by atoms with Gasteiger partial charge in [0.15, 0.2) is 12.4 Å². The van der Waals surface area contributed by atoms with Crippen LogP contribution in [-0.2, 0) is 16.1 Å². The molecule has 2 aromatic carbocycles. The fourth-order valence-electron chi connectivity index (χ4n) is 2.06. The van der Waals surface area contributed by atoms with Gasteiger partial charge in [-0.05, 0) is 36.8 Å². The number of Topliss-reactive ketones (excluding diaryl/α,β-unsaturated/α-hetero) is 1. The quantitative estimate of drug-likeness (QED) is 0.798. The van der Waals surface area contributed by atoms with Crippen LogP contribution in [0, 0.1) is 0 Å². The van der Waals surface area contributed by atoms with Crippen LogP contribution in [0.1, 0.15) is 22.8 Å². The first-order chi connectivity index (χ1) is 11.1. The van der Waals surface area contributed by atoms with E-state index in [0.29, 0.717) is 23.6 Å². The van der Waals surface area contributed by atoms with Crippen LogP contribution in [0.4, 0.5) is 5.69 Å². The van der Waals surface area contributed by atoms with Crippen LogP contribution < -0.4 is 10.1 Å². The summed E-state index contributed by atoms with van der Waals surface area (Å²) in [7, 11) is 1.62. The number of carbonyl (C=O) groups excluding carboxylic acids is 2. The Labute approximate surface area is 135 Å². The molecule has 0 atom stereocenters. The van der Waals surface area contributed by atoms with Crippen LogP contribution in [0.5, 0.6) is 5.75 Å². The Hall–Kier alpha value is -2.66. The summed E-state index contributed by atoms with van der Waals surface area (Å²) < 4.78 is 10.5. The number of benzene rings is 2. The van der Waals surface area contributed by atoms with Gasteiger partial charge in [0, 0.05) is 18.4 Å². The maximum Gasteiger partial charge on any atom is 0.262 e. The van der Waals surface area contributed by atoms with E-state index in [1.54, 1.807) is 37.4 Å². The molecule has 1 N–H and O–H groups in total. The molecule has 0 heterocycles. The summed E-state index contributed by atoms with van der Waals surface area (Å²) in [6, 6.07) is 14.2. The Kier molecular flexibility index (Phi) is 5.88. The van der Waals surface area contributed by atoms with Crippen molar-refractivity contribution in [2.24, 2.45) is 0 Å². The van der Waals surface area contributed by atoms with E-state index in [-0.39, 0.29) is 18.3 Å². The number of anilines is 1. The fourth-order valence-corrected chi connectivity index (χ4v) is 2.06. The number of ketones is 1. The van der Waals surface area contributed by atoms with Gasteiger partial charge in [0.2, 0.25) is 0 Å². The molecule has 5 heteroatoms. The molecule has 1 amide bonds. The first-order valence-electron chi connectivity index (χ1n) is 7.20. The Balaban J connectivity index is 1.91. The molecule has 0 aliphatic heterocycles. The highest BCUT2D eigenvalue weighted by Crippen LogP contribution is 2.14. The van der Waals surface area contributed by atoms with Gasteiger partial charge in [-0.3, -0.25) is 9.59 Å². The predicted molar refractivity (Wildman–Crippen MR) is 87.7 cm³/mol. The van der Waals surface area contributed by atoms with Crippen molar-refractivity contribution in [2.45, 2.75) is 13.5 Å². The highest BCUT2D eigenvalue weighted by molar-refractivity contribution is 5.94. The molecule has 120 valence electrons. The van der Waals surface area contributed by atoms with Crippen molar-refractivity contribution in [3.63, 3.8) is 0 Å². The van der Waals surface area contributed by atoms with Crippen molar-refractivity contribution in [3.05, 3.63) is 59.7 Å². The summed E-state index contributed by atoms with van der Waals surface area (Å²) in [5, 5.41) is 2.76. The number of amides is 1. The molecule has 0 aliphatic carbocycles. The lowest BCUT2D eigenvalue weighted by molar-refractivity contribution is -0.118. The molecule has 0 spiro atoms. The van der Waals surface area contributed by atoms with Crippen molar-refractivity contribution in [1.82, 2.24) is 0 Å². The first-order valence-corrected chi connectivity index (χ1v) is 7.20. The van der Waals surface area contributed by atoms with Crippen molar-refractivity contribution < 1.29 is 19.1 Å². The zero-order valence-electron chi connectivity index (χ0n) is 13.2. The second kappa shape index (κ2) is 8.10. The van der Waals surface area contributed by atoms with Crippen LogP contribution in [0.15, 0.2) is 48.5 Å². The van der Waals surface area contributed by atoms with E-state index in [1.165, 1.54) is 6.92 Å². The standard InChI is InChI=1S/C18H19NO4/c1-13(20)15-6-4-8-17(10-15)23-12-18(21)19-16-7-3-5-14(9-16)11-22-2/h3-10H,11-12H2,1-2H3,(H,19,21). The largest absolute Gasteiger partial charge is 0.484 e. The van der Waals surface area contributed by atoms with E-state index < -0.39 is 0 Å². The number of hydrogen-bond acceptors (Lipinski definition) is 4. The Bertz CT molecular complexity index is 697. The third-order valence-electron chi connectivity index (χ3n) is 3.13. The third kappa shape index (κ3) is 5.23. The van der Waals surface area contributed by atoms with Crippen molar-refractivity contribution in [1.29, 1.82) is 0 Å². The van der Waals surface area contributed by atoms with Gasteiger partial charge in [0.05, 0.1) is 6.61 Å². The number of ether oxygens (including phenoxy) is 2. The molecule has 2 aromatic rings. The van der Waals surface area contributed by atoms with Gasteiger partial charge in [0.25, 0.3) is 5.91 Å². The molecular formula is C18H19NO4. The SMILES string of the molecule is COCc1cccc(NC(=O)COc2cccc(C(C)=O)c2)c1. The van der Waals surface area contributed by atoms with E-state index in [1.807, 2.05) is 18.2 Å². The lowest BCUT2D eigenvalue weighted by Crippen LogP contribution is -2.20. The van der Waals surface area contributed by atoms with Gasteiger partial charge in [-0.15, -0.1) is 0 Å². The van der Waals surface area contributed by atoms with Crippen LogP contribution >= 0.6 is 0 Å². The number of methoxy groups -OCH3 is 1. The predicted octanol–water partition coefficient (Wildman–Crippen LogP) is 3.05. The van der Waals surface area contributed by atoms with Crippen LogP contribution in [-0.4, -0.2) is 25.4 Å². The lowest BCUT2D eigenvalue weighted by Gasteiger charge is -2.09. The Morgan fingerprint density at radius 2 is 1.87 bits per heavy atom. The minimum absolute atomic E-state index is 0.0464. The topological polar surface area (TPSA) is 64.6 Å². The summed E-state index contributed by atoms with van der Waals surface area (Å²) in [5.74, 6) is 0.170. The average Bonchev–Trinajstić information content (AvgIpc) is 2.54. The molecule has 5 nitrogen and oxygen atoms in total. The normalized spacial score (nSPS) is 10.2. The molecule has 0 fully saturated rings. The van der Waals surface area contributed by atoms with Crippen LogP contribution in [0.25, 0.3) is 0 Å². The molecule has 0 radical (unpaired) electrons. The van der Waals surface area contributed by atoms with E-state index >= 15 is 0 Å². The Morgan fingerprint density at radius 1 is 1.09 bits per heavy atom. The first kappa shape index (κ1) is 16.7. The molecule has 23 heavy (non-hydrogen) atoms. The maximum atomic E-state index is 11.9. The number of hydrogen-bond donors (Lipinski definition) is 1. The highest BCUT2D eigenvalue weighted by atomic mass is 16.5. The van der Waals surface area contributed by atoms with Gasteiger partial charge in [-0.25, -0.2) is 0 Å². The van der Waals surface area contributed by atoms with Crippen molar-refractivity contribution in [3.8, 4) is 5.75 Å². The summed E-state index contributed by atoms with van der Waals surface area (Å²) in [6.07, 6.45) is 0. The fraction of sp³-hybridized carbons (Fsp3) is 0.222. The number of rotatable bonds is 7. The molecule has 0 saturated heterocycles. The van der Waals surface area contributed by atoms with E-state index in [0.717, 1.165) is 5.56 Å². The summed E-state index contributed by atoms with van der Waals surface area (Å²) in [5.41, 5.74) is 2.21. The zero-order valence-corrected chi connectivity index (χ0v) is 13.2. The highest BCUT2D eigenvalue weighted by Gasteiger charge is 2.06. The van der Waals surface area contributed by atoms with E-state index in [4.69, 9.17) is 9.47 Å². The molecule has 0 bridgehead atoms. The van der Waals surface area contributed by atoms with Gasteiger partial charge < -0.3 is 14.8 Å². The second-order valence-corrected chi connectivity index (χ2v) is 5.05. The number of nitrogens with one attached hydrogen (secondary N) is 1. The molecule has 0 aliphatic rings. The summed E-state index contributed by atoms with van der Waals surface area (Å²) in [6.45, 7) is 1.84. The molecule has 2 rings (SSSR count). The van der Waals surface area contributed by atoms with Crippen molar-refractivity contribution >= 4 is 17.4 Å². The smallest absolute Gasteiger partial charge is 0.262 e. The average molecular weight is 313 g/mol. The van der Waals surface area contributed by atoms with Crippen LogP contribution in [0.2, 0.25) is 0 Å². The summed E-state index contributed by atoms with van der Waals surface area (Å²) >= 11 is 0. The maximum absolute atomic E-state index is 11.9. The summed E-state index contributed by atoms with van der Waals surface area (Å²) in [4.78, 5) is 23.3. The molecular weight excluding hydrogens is 294 g/mol. The van der Waals surface area contributed by atoms with Gasteiger partial charge in [0.1, 0.15) is 5.75 Å². The van der Waals surface area contributed by atoms with E-state index in [2.05, 4.69) is 5.32 Å².